The number of aromatic amines is 1. The number of carbonyl (C=O) groups excluding carboxylic acids is 1. The van der Waals surface area contributed by atoms with Crippen molar-refractivity contribution in [3.63, 3.8) is 0 Å². The van der Waals surface area contributed by atoms with Gasteiger partial charge < -0.3 is 9.55 Å². The molecule has 3 aromatic heterocycles. The largest absolute Gasteiger partial charge is 0.354 e. The summed E-state index contributed by atoms with van der Waals surface area (Å²) in [6.45, 7) is 0. The third kappa shape index (κ3) is 2.67. The third-order valence-corrected chi connectivity index (χ3v) is 5.56. The molecule has 3 heterocycles. The van der Waals surface area contributed by atoms with Gasteiger partial charge in [-0.1, -0.05) is 22.6 Å². The monoisotopic (exact) mass is 451 g/mol. The second kappa shape index (κ2) is 6.14. The average molecular weight is 451 g/mol. The molecule has 0 aliphatic rings. The lowest BCUT2D eigenvalue weighted by Crippen LogP contribution is -1.95. The van der Waals surface area contributed by atoms with Crippen LogP contribution in [0.3, 0.4) is 0 Å². The molecule has 0 aliphatic heterocycles. The number of imidazole rings is 1. The maximum atomic E-state index is 14.5. The SMILES string of the molecule is O=C(CI)c1cc2[nH]c(-c3ccc(-n4ccnc4)cc3F)cc2s1. The van der Waals surface area contributed by atoms with Crippen LogP contribution in [0.5, 0.6) is 0 Å². The molecule has 0 aliphatic carbocycles. The summed E-state index contributed by atoms with van der Waals surface area (Å²) in [7, 11) is 0. The lowest BCUT2D eigenvalue weighted by Gasteiger charge is -2.05. The fourth-order valence-corrected chi connectivity index (χ4v) is 4.23. The Hall–Kier alpha value is -2.00. The minimum Gasteiger partial charge on any atom is -0.354 e. The van der Waals surface area contributed by atoms with Crippen LogP contribution in [0, 0.1) is 5.82 Å². The van der Waals surface area contributed by atoms with Crippen LogP contribution in [0.1, 0.15) is 9.67 Å². The minimum atomic E-state index is -0.307. The number of nitrogens with zero attached hydrogens (tertiary/aromatic N) is 2. The molecule has 7 heteroatoms. The number of benzene rings is 1. The van der Waals surface area contributed by atoms with E-state index in [-0.39, 0.29) is 11.6 Å². The van der Waals surface area contributed by atoms with E-state index in [1.54, 1.807) is 29.4 Å². The van der Waals surface area contributed by atoms with Crippen LogP contribution >= 0.6 is 33.9 Å². The Kier molecular flexibility index (Phi) is 3.97. The molecule has 1 aromatic carbocycles. The highest BCUT2D eigenvalue weighted by Crippen LogP contribution is 2.32. The Morgan fingerprint density at radius 3 is 2.88 bits per heavy atom. The molecule has 0 saturated carbocycles. The highest BCUT2D eigenvalue weighted by Gasteiger charge is 2.14. The van der Waals surface area contributed by atoms with Gasteiger partial charge in [0.2, 0.25) is 0 Å². The summed E-state index contributed by atoms with van der Waals surface area (Å²) in [4.78, 5) is 19.7. The molecule has 0 bridgehead atoms. The van der Waals surface area contributed by atoms with Gasteiger partial charge in [-0.25, -0.2) is 9.37 Å². The number of carbonyl (C=O) groups is 1. The zero-order valence-electron chi connectivity index (χ0n) is 12.3. The Morgan fingerprint density at radius 1 is 1.33 bits per heavy atom. The Morgan fingerprint density at radius 2 is 2.21 bits per heavy atom. The number of alkyl halides is 1. The minimum absolute atomic E-state index is 0.114. The lowest BCUT2D eigenvalue weighted by atomic mass is 10.1. The van der Waals surface area contributed by atoms with Gasteiger partial charge in [0.15, 0.2) is 5.78 Å². The molecule has 0 fully saturated rings. The van der Waals surface area contributed by atoms with E-state index in [0.717, 1.165) is 20.8 Å². The first kappa shape index (κ1) is 15.5. The molecule has 0 saturated heterocycles. The number of Topliss-reactive ketones (excluding diaryl/α,β-unsaturated/α-hetero) is 1. The molecular formula is C17H11FIN3OS. The van der Waals surface area contributed by atoms with Crippen LogP contribution in [-0.2, 0) is 0 Å². The molecule has 0 unspecified atom stereocenters. The predicted octanol–water partition coefficient (Wildman–Crippen LogP) is 4.84. The average Bonchev–Trinajstić information content (AvgIpc) is 3.29. The van der Waals surface area contributed by atoms with Gasteiger partial charge in [-0.3, -0.25) is 4.79 Å². The number of halogens is 2. The second-order valence-corrected chi connectivity index (χ2v) is 7.11. The summed E-state index contributed by atoms with van der Waals surface area (Å²) in [5.74, 6) is -0.193. The van der Waals surface area contributed by atoms with E-state index < -0.39 is 0 Å². The first-order valence-electron chi connectivity index (χ1n) is 7.15. The van der Waals surface area contributed by atoms with E-state index in [2.05, 4.69) is 32.6 Å². The van der Waals surface area contributed by atoms with Gasteiger partial charge in [-0.05, 0) is 30.3 Å². The van der Waals surface area contributed by atoms with Gasteiger partial charge in [0.25, 0.3) is 0 Å². The Balaban J connectivity index is 1.72. The van der Waals surface area contributed by atoms with E-state index in [4.69, 9.17) is 0 Å². The number of H-pyrrole nitrogens is 1. The van der Waals surface area contributed by atoms with E-state index in [0.29, 0.717) is 15.7 Å². The van der Waals surface area contributed by atoms with Crippen LogP contribution in [-0.4, -0.2) is 24.7 Å². The predicted molar refractivity (Wildman–Crippen MR) is 102 cm³/mol. The van der Waals surface area contributed by atoms with Gasteiger partial charge >= 0.3 is 0 Å². The van der Waals surface area contributed by atoms with Crippen LogP contribution in [0.4, 0.5) is 4.39 Å². The lowest BCUT2D eigenvalue weighted by molar-refractivity contribution is 0.102. The molecular weight excluding hydrogens is 440 g/mol. The molecule has 0 spiro atoms. The van der Waals surface area contributed by atoms with Crippen molar-refractivity contribution in [1.29, 1.82) is 0 Å². The van der Waals surface area contributed by atoms with Crippen molar-refractivity contribution in [3.05, 3.63) is 59.7 Å². The van der Waals surface area contributed by atoms with Gasteiger partial charge in [-0.15, -0.1) is 11.3 Å². The number of nitrogens with one attached hydrogen (secondary N) is 1. The Bertz CT molecular complexity index is 1000. The number of thiophene rings is 1. The summed E-state index contributed by atoms with van der Waals surface area (Å²) < 4.78 is 17.7. The smallest absolute Gasteiger partial charge is 0.182 e. The molecule has 1 N–H and O–H groups in total. The maximum absolute atomic E-state index is 14.5. The van der Waals surface area contributed by atoms with Crippen molar-refractivity contribution >= 4 is 49.9 Å². The molecule has 120 valence electrons. The molecule has 4 rings (SSSR count). The quantitative estimate of drug-likeness (QED) is 0.274. The molecule has 0 amide bonds. The fraction of sp³-hybridized carbons (Fsp3) is 0.0588. The van der Waals surface area contributed by atoms with E-state index >= 15 is 0 Å². The number of rotatable bonds is 4. The fourth-order valence-electron chi connectivity index (χ4n) is 2.57. The van der Waals surface area contributed by atoms with Crippen molar-refractivity contribution in [2.45, 2.75) is 0 Å². The van der Waals surface area contributed by atoms with Crippen LogP contribution in [0.2, 0.25) is 0 Å². The van der Waals surface area contributed by atoms with Gasteiger partial charge in [0, 0.05) is 23.6 Å². The zero-order chi connectivity index (χ0) is 16.7. The highest BCUT2D eigenvalue weighted by molar-refractivity contribution is 14.1. The number of hydrogen-bond donors (Lipinski definition) is 1. The topological polar surface area (TPSA) is 50.7 Å². The zero-order valence-corrected chi connectivity index (χ0v) is 15.3. The van der Waals surface area contributed by atoms with Crippen molar-refractivity contribution in [2.75, 3.05) is 4.43 Å². The normalized spacial score (nSPS) is 11.2. The van der Waals surface area contributed by atoms with Crippen molar-refractivity contribution in [1.82, 2.24) is 14.5 Å². The van der Waals surface area contributed by atoms with E-state index in [1.807, 2.05) is 18.2 Å². The summed E-state index contributed by atoms with van der Waals surface area (Å²) in [6.07, 6.45) is 5.05. The van der Waals surface area contributed by atoms with Crippen molar-refractivity contribution in [2.24, 2.45) is 0 Å². The summed E-state index contributed by atoms with van der Waals surface area (Å²) in [5, 5.41) is 0. The van der Waals surface area contributed by atoms with Crippen LogP contribution in [0.15, 0.2) is 49.1 Å². The number of ketones is 1. The number of hydrogen-bond acceptors (Lipinski definition) is 3. The number of aromatic nitrogens is 3. The molecule has 4 aromatic rings. The van der Waals surface area contributed by atoms with Crippen LogP contribution < -0.4 is 0 Å². The highest BCUT2D eigenvalue weighted by atomic mass is 127. The summed E-state index contributed by atoms with van der Waals surface area (Å²) in [5.41, 5.74) is 2.79. The standard InChI is InChI=1S/C17H11FIN3OS/c18-12-5-10(22-4-3-20-9-22)1-2-11(12)13-6-16-14(21-13)7-17(24-16)15(23)8-19/h1-7,9,21H,8H2. The number of fused-ring (bicyclic) bond motifs is 1. The third-order valence-electron chi connectivity index (χ3n) is 3.75. The van der Waals surface area contributed by atoms with Crippen molar-refractivity contribution < 1.29 is 9.18 Å². The van der Waals surface area contributed by atoms with Crippen LogP contribution in [0.25, 0.3) is 27.2 Å². The molecule has 0 radical (unpaired) electrons. The summed E-state index contributed by atoms with van der Waals surface area (Å²) >= 11 is 3.49. The first-order chi connectivity index (χ1) is 11.7. The van der Waals surface area contributed by atoms with Gasteiger partial charge in [0.1, 0.15) is 5.82 Å². The van der Waals surface area contributed by atoms with Gasteiger partial charge in [-0.2, -0.15) is 0 Å². The molecule has 4 nitrogen and oxygen atoms in total. The van der Waals surface area contributed by atoms with Crippen molar-refractivity contribution in [3.8, 4) is 16.9 Å². The Labute approximate surface area is 154 Å². The van der Waals surface area contributed by atoms with Gasteiger partial charge in [0.05, 0.1) is 31.5 Å². The van der Waals surface area contributed by atoms with E-state index in [1.165, 1.54) is 17.4 Å². The first-order valence-corrected chi connectivity index (χ1v) is 9.50. The summed E-state index contributed by atoms with van der Waals surface area (Å²) in [6, 6.07) is 8.80. The molecule has 0 atom stereocenters. The molecule has 24 heavy (non-hydrogen) atoms. The van der Waals surface area contributed by atoms with E-state index in [9.17, 15) is 9.18 Å². The second-order valence-electron chi connectivity index (χ2n) is 5.26. The maximum Gasteiger partial charge on any atom is 0.182 e.